The molecular formula is C19H27BN2O6. The van der Waals surface area contributed by atoms with Gasteiger partial charge in [0.25, 0.3) is 0 Å². The first-order chi connectivity index (χ1) is 13.4. The minimum Gasteiger partial charge on any atom is -0.480 e. The average molecular weight is 390 g/mol. The van der Waals surface area contributed by atoms with Crippen molar-refractivity contribution in [2.24, 2.45) is 0 Å². The van der Waals surface area contributed by atoms with E-state index in [1.54, 1.807) is 18.7 Å². The standard InChI is InChI=1S/C19H27BN2O6/c1-4-26-16(24)11-28-18-15(21-12(3)23)10-13-6-8-22(19(25)27-5-2)9-7-14(13)17(18)20/h10H,4-9,11,20H2,1-3H3,(H,21,23). The van der Waals surface area contributed by atoms with Gasteiger partial charge in [0.15, 0.2) is 6.61 Å². The van der Waals surface area contributed by atoms with Crippen molar-refractivity contribution in [3.05, 3.63) is 17.2 Å². The molecule has 1 aromatic carbocycles. The highest BCUT2D eigenvalue weighted by molar-refractivity contribution is 6.36. The fourth-order valence-electron chi connectivity index (χ4n) is 3.29. The normalized spacial score (nSPS) is 13.2. The molecule has 0 aliphatic carbocycles. The first kappa shape index (κ1) is 21.6. The SMILES string of the molecule is Bc1c2c(cc(NC(C)=O)c1OCC(=O)OCC)CCN(C(=O)OCC)CC2. The number of nitrogens with one attached hydrogen (secondary N) is 1. The number of amides is 2. The second-order valence-electron chi connectivity index (χ2n) is 6.48. The lowest BCUT2D eigenvalue weighted by atomic mass is 9.84. The molecule has 8 nitrogen and oxygen atoms in total. The average Bonchev–Trinajstić information content (AvgIpc) is 2.84. The second-order valence-corrected chi connectivity index (χ2v) is 6.48. The van der Waals surface area contributed by atoms with Gasteiger partial charge in [-0.05, 0) is 49.3 Å². The molecule has 0 unspecified atom stereocenters. The molecule has 2 amide bonds. The van der Waals surface area contributed by atoms with E-state index in [1.807, 2.05) is 13.9 Å². The van der Waals surface area contributed by atoms with Gasteiger partial charge >= 0.3 is 12.1 Å². The Bertz CT molecular complexity index is 752. The van der Waals surface area contributed by atoms with Crippen LogP contribution < -0.4 is 15.5 Å². The van der Waals surface area contributed by atoms with Crippen molar-refractivity contribution >= 4 is 37.0 Å². The summed E-state index contributed by atoms with van der Waals surface area (Å²) >= 11 is 0. The quantitative estimate of drug-likeness (QED) is 0.559. The third kappa shape index (κ3) is 5.40. The molecule has 0 fully saturated rings. The maximum atomic E-state index is 12.1. The third-order valence-corrected chi connectivity index (χ3v) is 4.50. The fourth-order valence-corrected chi connectivity index (χ4v) is 3.29. The number of hydrogen-bond acceptors (Lipinski definition) is 6. The highest BCUT2D eigenvalue weighted by Crippen LogP contribution is 2.28. The van der Waals surface area contributed by atoms with Gasteiger partial charge in [-0.25, -0.2) is 9.59 Å². The number of ether oxygens (including phenoxy) is 3. The van der Waals surface area contributed by atoms with Gasteiger partial charge in [0.05, 0.1) is 18.9 Å². The number of hydrogen-bond donors (Lipinski definition) is 1. The summed E-state index contributed by atoms with van der Waals surface area (Å²) in [4.78, 5) is 37.1. The lowest BCUT2D eigenvalue weighted by Crippen LogP contribution is -2.34. The van der Waals surface area contributed by atoms with Crippen LogP contribution >= 0.6 is 0 Å². The molecule has 0 saturated heterocycles. The van der Waals surface area contributed by atoms with Crippen LogP contribution in [0.4, 0.5) is 10.5 Å². The van der Waals surface area contributed by atoms with Crippen LogP contribution in [0.1, 0.15) is 31.9 Å². The maximum absolute atomic E-state index is 12.1. The summed E-state index contributed by atoms with van der Waals surface area (Å²) in [5, 5.41) is 2.77. The second kappa shape index (κ2) is 10.0. The van der Waals surface area contributed by atoms with E-state index >= 15 is 0 Å². The van der Waals surface area contributed by atoms with Crippen LogP contribution in [0, 0.1) is 0 Å². The first-order valence-electron chi connectivity index (χ1n) is 9.50. The Kier molecular flexibility index (Phi) is 7.72. The van der Waals surface area contributed by atoms with Crippen LogP contribution in [0.3, 0.4) is 0 Å². The summed E-state index contributed by atoms with van der Waals surface area (Å²) in [5.41, 5.74) is 3.45. The van der Waals surface area contributed by atoms with Crippen LogP contribution in [0.15, 0.2) is 6.07 Å². The molecule has 9 heteroatoms. The number of carbonyl (C=O) groups excluding carboxylic acids is 3. The Hall–Kier alpha value is -2.71. The number of anilines is 1. The van der Waals surface area contributed by atoms with E-state index in [2.05, 4.69) is 5.32 Å². The van der Waals surface area contributed by atoms with Gasteiger partial charge in [-0.1, -0.05) is 0 Å². The zero-order chi connectivity index (χ0) is 20.7. The first-order valence-corrected chi connectivity index (χ1v) is 9.50. The van der Waals surface area contributed by atoms with E-state index < -0.39 is 5.97 Å². The molecule has 0 atom stereocenters. The largest absolute Gasteiger partial charge is 0.480 e. The van der Waals surface area contributed by atoms with Crippen molar-refractivity contribution in [2.45, 2.75) is 33.6 Å². The summed E-state index contributed by atoms with van der Waals surface area (Å²) in [6.45, 7) is 6.35. The number of fused-ring (bicyclic) bond motifs is 1. The van der Waals surface area contributed by atoms with Crippen LogP contribution in [0.25, 0.3) is 0 Å². The Labute approximate surface area is 165 Å². The van der Waals surface area contributed by atoms with Gasteiger partial charge in [0.2, 0.25) is 5.91 Å². The van der Waals surface area contributed by atoms with Crippen LogP contribution in [-0.2, 0) is 31.9 Å². The summed E-state index contributed by atoms with van der Waals surface area (Å²) in [5.74, 6) is -0.257. The summed E-state index contributed by atoms with van der Waals surface area (Å²) in [6, 6.07) is 1.86. The van der Waals surface area contributed by atoms with Gasteiger partial charge < -0.3 is 24.4 Å². The Balaban J connectivity index is 2.31. The molecule has 0 bridgehead atoms. The van der Waals surface area contributed by atoms with E-state index in [9.17, 15) is 14.4 Å². The Morgan fingerprint density at radius 3 is 2.46 bits per heavy atom. The Morgan fingerprint density at radius 2 is 1.82 bits per heavy atom. The van der Waals surface area contributed by atoms with Crippen molar-refractivity contribution in [2.75, 3.05) is 38.2 Å². The van der Waals surface area contributed by atoms with Crippen molar-refractivity contribution < 1.29 is 28.6 Å². The van der Waals surface area contributed by atoms with Crippen molar-refractivity contribution in [3.8, 4) is 5.75 Å². The zero-order valence-corrected chi connectivity index (χ0v) is 16.9. The molecule has 152 valence electrons. The van der Waals surface area contributed by atoms with E-state index in [-0.39, 0.29) is 25.2 Å². The molecule has 0 saturated carbocycles. The van der Waals surface area contributed by atoms with Crippen LogP contribution in [0.2, 0.25) is 0 Å². The third-order valence-electron chi connectivity index (χ3n) is 4.50. The number of nitrogens with zero attached hydrogens (tertiary/aromatic N) is 1. The van der Waals surface area contributed by atoms with Gasteiger partial charge in [-0.2, -0.15) is 0 Å². The molecule has 2 rings (SSSR count). The van der Waals surface area contributed by atoms with E-state index in [4.69, 9.17) is 14.2 Å². The molecule has 0 radical (unpaired) electrons. The highest BCUT2D eigenvalue weighted by Gasteiger charge is 2.24. The number of carbonyl (C=O) groups is 3. The summed E-state index contributed by atoms with van der Waals surface area (Å²) in [6.07, 6.45) is 0.948. The van der Waals surface area contributed by atoms with Crippen molar-refractivity contribution in [1.82, 2.24) is 4.90 Å². The van der Waals surface area contributed by atoms with Crippen molar-refractivity contribution in [3.63, 3.8) is 0 Å². The van der Waals surface area contributed by atoms with Crippen LogP contribution in [0.5, 0.6) is 5.75 Å². The summed E-state index contributed by atoms with van der Waals surface area (Å²) in [7, 11) is 1.89. The zero-order valence-electron chi connectivity index (χ0n) is 16.9. The molecule has 1 N–H and O–H groups in total. The maximum Gasteiger partial charge on any atom is 0.409 e. The molecule has 1 aliphatic rings. The molecule has 0 spiro atoms. The minimum atomic E-state index is -0.473. The van der Waals surface area contributed by atoms with E-state index in [1.165, 1.54) is 6.92 Å². The van der Waals surface area contributed by atoms with Gasteiger partial charge in [0.1, 0.15) is 13.6 Å². The van der Waals surface area contributed by atoms with E-state index in [0.29, 0.717) is 44.0 Å². The molecular weight excluding hydrogens is 363 g/mol. The summed E-state index contributed by atoms with van der Waals surface area (Å²) < 4.78 is 15.7. The topological polar surface area (TPSA) is 94.2 Å². The Morgan fingerprint density at radius 1 is 1.14 bits per heavy atom. The van der Waals surface area contributed by atoms with Crippen LogP contribution in [-0.4, -0.2) is 63.6 Å². The van der Waals surface area contributed by atoms with E-state index in [0.717, 1.165) is 16.6 Å². The molecule has 28 heavy (non-hydrogen) atoms. The van der Waals surface area contributed by atoms with Gasteiger partial charge in [-0.15, -0.1) is 0 Å². The number of esters is 1. The predicted molar refractivity (Wildman–Crippen MR) is 107 cm³/mol. The van der Waals surface area contributed by atoms with Gasteiger partial charge in [0, 0.05) is 20.0 Å². The molecule has 1 heterocycles. The van der Waals surface area contributed by atoms with Crippen molar-refractivity contribution in [1.29, 1.82) is 0 Å². The predicted octanol–water partition coefficient (Wildman–Crippen LogP) is 0.402. The molecule has 1 aliphatic heterocycles. The van der Waals surface area contributed by atoms with Gasteiger partial charge in [-0.3, -0.25) is 4.79 Å². The molecule has 0 aromatic heterocycles. The lowest BCUT2D eigenvalue weighted by Gasteiger charge is -2.20. The monoisotopic (exact) mass is 390 g/mol. The number of benzene rings is 1. The molecule has 1 aromatic rings. The lowest BCUT2D eigenvalue weighted by molar-refractivity contribution is -0.145. The fraction of sp³-hybridized carbons (Fsp3) is 0.526. The minimum absolute atomic E-state index is 0.234. The smallest absolute Gasteiger partial charge is 0.409 e. The highest BCUT2D eigenvalue weighted by atomic mass is 16.6. The number of rotatable bonds is 6.